The van der Waals surface area contributed by atoms with Gasteiger partial charge in [-0.1, -0.05) is 12.7 Å². The third-order valence-electron chi connectivity index (χ3n) is 0.968. The molecule has 0 fully saturated rings. The van der Waals surface area contributed by atoms with Crippen molar-refractivity contribution in [1.29, 1.82) is 0 Å². The molecular weight excluding hydrogens is 118 g/mol. The second-order valence-electron chi connectivity index (χ2n) is 1.51. The van der Waals surface area contributed by atoms with Crippen LogP contribution in [0.3, 0.4) is 0 Å². The molecule has 1 heterocycles. The minimum absolute atomic E-state index is 1.07. The second-order valence-corrected chi connectivity index (χ2v) is 2.39. The SMILES string of the molecule is C=Cc1scnc1C. The highest BCUT2D eigenvalue weighted by Crippen LogP contribution is 2.11. The number of hydrogen-bond donors (Lipinski definition) is 0. The molecule has 0 aliphatic heterocycles. The molecule has 0 aliphatic carbocycles. The van der Waals surface area contributed by atoms with Gasteiger partial charge in [-0.15, -0.1) is 11.3 Å². The van der Waals surface area contributed by atoms with E-state index in [-0.39, 0.29) is 0 Å². The van der Waals surface area contributed by atoms with E-state index in [1.807, 2.05) is 18.5 Å². The molecule has 0 aliphatic rings. The summed E-state index contributed by atoms with van der Waals surface area (Å²) in [6.45, 7) is 5.61. The number of thiazole rings is 1. The van der Waals surface area contributed by atoms with Gasteiger partial charge in [0, 0.05) is 4.88 Å². The van der Waals surface area contributed by atoms with Crippen molar-refractivity contribution in [2.24, 2.45) is 0 Å². The summed E-state index contributed by atoms with van der Waals surface area (Å²) < 4.78 is 0. The highest BCUT2D eigenvalue weighted by atomic mass is 32.1. The second kappa shape index (κ2) is 2.09. The Balaban J connectivity index is 3.09. The molecule has 1 nitrogen and oxygen atoms in total. The normalized spacial score (nSPS) is 9.12. The third-order valence-corrected chi connectivity index (χ3v) is 1.89. The molecule has 0 saturated heterocycles. The minimum atomic E-state index is 1.07. The Bertz CT molecular complexity index is 190. The number of aryl methyl sites for hydroxylation is 1. The molecule has 0 radical (unpaired) electrons. The van der Waals surface area contributed by atoms with E-state index >= 15 is 0 Å². The maximum absolute atomic E-state index is 4.03. The Kier molecular flexibility index (Phi) is 1.44. The van der Waals surface area contributed by atoms with Crippen molar-refractivity contribution in [3.8, 4) is 0 Å². The zero-order chi connectivity index (χ0) is 5.98. The van der Waals surface area contributed by atoms with E-state index in [1.54, 1.807) is 11.3 Å². The van der Waals surface area contributed by atoms with Crippen LogP contribution < -0.4 is 0 Å². The van der Waals surface area contributed by atoms with E-state index < -0.39 is 0 Å². The van der Waals surface area contributed by atoms with Crippen molar-refractivity contribution in [3.05, 3.63) is 22.7 Å². The lowest BCUT2D eigenvalue weighted by Gasteiger charge is -1.80. The van der Waals surface area contributed by atoms with Crippen molar-refractivity contribution in [2.75, 3.05) is 0 Å². The van der Waals surface area contributed by atoms with E-state index in [0.717, 1.165) is 5.69 Å². The molecule has 0 spiro atoms. The highest BCUT2D eigenvalue weighted by Gasteiger charge is 1.91. The van der Waals surface area contributed by atoms with Gasteiger partial charge in [0.25, 0.3) is 0 Å². The lowest BCUT2D eigenvalue weighted by atomic mass is 10.4. The van der Waals surface area contributed by atoms with Gasteiger partial charge in [-0.3, -0.25) is 0 Å². The molecule has 0 unspecified atom stereocenters. The quantitative estimate of drug-likeness (QED) is 0.560. The molecule has 0 aromatic carbocycles. The van der Waals surface area contributed by atoms with Crippen molar-refractivity contribution in [3.63, 3.8) is 0 Å². The van der Waals surface area contributed by atoms with Crippen molar-refractivity contribution < 1.29 is 0 Å². The van der Waals surface area contributed by atoms with Crippen LogP contribution >= 0.6 is 11.3 Å². The summed E-state index contributed by atoms with van der Waals surface area (Å²) >= 11 is 1.62. The van der Waals surface area contributed by atoms with Gasteiger partial charge in [0.1, 0.15) is 0 Å². The molecule has 0 saturated carbocycles. The summed E-state index contributed by atoms with van der Waals surface area (Å²) in [6, 6.07) is 0. The summed E-state index contributed by atoms with van der Waals surface area (Å²) in [5.41, 5.74) is 2.90. The van der Waals surface area contributed by atoms with Gasteiger partial charge in [0.05, 0.1) is 11.2 Å². The maximum atomic E-state index is 4.03. The minimum Gasteiger partial charge on any atom is -0.249 e. The fraction of sp³-hybridized carbons (Fsp3) is 0.167. The van der Waals surface area contributed by atoms with Crippen molar-refractivity contribution in [2.45, 2.75) is 6.92 Å². The largest absolute Gasteiger partial charge is 0.249 e. The number of aromatic nitrogens is 1. The molecule has 0 bridgehead atoms. The van der Waals surface area contributed by atoms with Crippen LogP contribution in [0.15, 0.2) is 12.1 Å². The molecule has 1 aromatic heterocycles. The zero-order valence-electron chi connectivity index (χ0n) is 4.72. The van der Waals surface area contributed by atoms with Crippen LogP contribution in [-0.2, 0) is 0 Å². The summed E-state index contributed by atoms with van der Waals surface area (Å²) in [4.78, 5) is 5.21. The van der Waals surface area contributed by atoms with Gasteiger partial charge in [-0.25, -0.2) is 4.98 Å². The Morgan fingerprint density at radius 1 is 1.88 bits per heavy atom. The van der Waals surface area contributed by atoms with Gasteiger partial charge in [-0.05, 0) is 6.92 Å². The molecular formula is C6H7NS. The topological polar surface area (TPSA) is 12.9 Å². The molecule has 8 heavy (non-hydrogen) atoms. The van der Waals surface area contributed by atoms with Crippen LogP contribution in [0.4, 0.5) is 0 Å². The Hall–Kier alpha value is -0.630. The monoisotopic (exact) mass is 125 g/mol. The van der Waals surface area contributed by atoms with Crippen LogP contribution in [0.2, 0.25) is 0 Å². The van der Waals surface area contributed by atoms with E-state index in [2.05, 4.69) is 11.6 Å². The molecule has 1 aromatic rings. The Morgan fingerprint density at radius 3 is 2.88 bits per heavy atom. The Labute approximate surface area is 52.7 Å². The molecule has 0 atom stereocenters. The van der Waals surface area contributed by atoms with E-state index in [9.17, 15) is 0 Å². The number of nitrogens with zero attached hydrogens (tertiary/aromatic N) is 1. The first kappa shape index (κ1) is 5.51. The smallest absolute Gasteiger partial charge is 0.0801 e. The molecule has 1 rings (SSSR count). The first-order chi connectivity index (χ1) is 3.84. The van der Waals surface area contributed by atoms with Gasteiger partial charge < -0.3 is 0 Å². The molecule has 42 valence electrons. The predicted octanol–water partition coefficient (Wildman–Crippen LogP) is 2.09. The van der Waals surface area contributed by atoms with Crippen LogP contribution in [0, 0.1) is 6.92 Å². The van der Waals surface area contributed by atoms with Gasteiger partial charge in [0.2, 0.25) is 0 Å². The fourth-order valence-electron chi connectivity index (χ4n) is 0.507. The van der Waals surface area contributed by atoms with E-state index in [1.165, 1.54) is 4.88 Å². The van der Waals surface area contributed by atoms with Crippen molar-refractivity contribution >= 4 is 17.4 Å². The fourth-order valence-corrected chi connectivity index (χ4v) is 1.15. The lowest BCUT2D eigenvalue weighted by Crippen LogP contribution is -1.69. The van der Waals surface area contributed by atoms with Crippen LogP contribution in [-0.4, -0.2) is 4.98 Å². The third kappa shape index (κ3) is 0.793. The van der Waals surface area contributed by atoms with Gasteiger partial charge in [-0.2, -0.15) is 0 Å². The molecule has 0 N–H and O–H groups in total. The van der Waals surface area contributed by atoms with Gasteiger partial charge >= 0.3 is 0 Å². The van der Waals surface area contributed by atoms with Gasteiger partial charge in [0.15, 0.2) is 0 Å². The highest BCUT2D eigenvalue weighted by molar-refractivity contribution is 7.10. The first-order valence-electron chi connectivity index (χ1n) is 2.37. The standard InChI is InChI=1S/C6H7NS/c1-3-6-5(2)7-4-8-6/h3-4H,1H2,2H3. The van der Waals surface area contributed by atoms with E-state index in [0.29, 0.717) is 0 Å². The van der Waals surface area contributed by atoms with Crippen LogP contribution in [0.1, 0.15) is 10.6 Å². The lowest BCUT2D eigenvalue weighted by molar-refractivity contribution is 1.26. The van der Waals surface area contributed by atoms with Crippen molar-refractivity contribution in [1.82, 2.24) is 4.98 Å². The summed E-state index contributed by atoms with van der Waals surface area (Å²) in [7, 11) is 0. The summed E-state index contributed by atoms with van der Waals surface area (Å²) in [5.74, 6) is 0. The maximum Gasteiger partial charge on any atom is 0.0801 e. The number of hydrogen-bond acceptors (Lipinski definition) is 2. The average molecular weight is 125 g/mol. The first-order valence-corrected chi connectivity index (χ1v) is 3.25. The molecule has 2 heteroatoms. The average Bonchev–Trinajstić information content (AvgIpc) is 2.14. The Morgan fingerprint density at radius 2 is 2.62 bits per heavy atom. The van der Waals surface area contributed by atoms with Crippen LogP contribution in [0.25, 0.3) is 6.08 Å². The van der Waals surface area contributed by atoms with E-state index in [4.69, 9.17) is 0 Å². The predicted molar refractivity (Wildman–Crippen MR) is 36.9 cm³/mol. The summed E-state index contributed by atoms with van der Waals surface area (Å²) in [5, 5.41) is 0. The summed E-state index contributed by atoms with van der Waals surface area (Å²) in [6.07, 6.45) is 1.83. The molecule has 0 amide bonds. The number of rotatable bonds is 1. The zero-order valence-corrected chi connectivity index (χ0v) is 5.53. The van der Waals surface area contributed by atoms with Crippen LogP contribution in [0.5, 0.6) is 0 Å².